The highest BCUT2D eigenvalue weighted by Gasteiger charge is 2.27. The molecular weight excluding hydrogens is 306 g/mol. The molecule has 1 aromatic heterocycles. The largest absolute Gasteiger partial charge is 0.365 e. The third-order valence-corrected chi connectivity index (χ3v) is 3.91. The SMILES string of the molecule is Cc1ccc(N2CC(CNC(=O)c3ccncc3)OCC2=O)cc1. The minimum absolute atomic E-state index is 0.0175. The zero-order valence-corrected chi connectivity index (χ0v) is 13.4. The maximum Gasteiger partial charge on any atom is 0.253 e. The Labute approximate surface area is 140 Å². The van der Waals surface area contributed by atoms with Crippen LogP contribution in [0.3, 0.4) is 0 Å². The second kappa shape index (κ2) is 7.23. The summed E-state index contributed by atoms with van der Waals surface area (Å²) >= 11 is 0. The summed E-state index contributed by atoms with van der Waals surface area (Å²) in [7, 11) is 0. The number of hydrogen-bond acceptors (Lipinski definition) is 4. The smallest absolute Gasteiger partial charge is 0.253 e. The van der Waals surface area contributed by atoms with E-state index >= 15 is 0 Å². The second-order valence-corrected chi connectivity index (χ2v) is 5.72. The molecule has 0 spiro atoms. The van der Waals surface area contributed by atoms with Crippen LogP contribution in [-0.4, -0.2) is 42.6 Å². The lowest BCUT2D eigenvalue weighted by molar-refractivity contribution is -0.129. The van der Waals surface area contributed by atoms with Crippen molar-refractivity contribution in [2.24, 2.45) is 0 Å². The van der Waals surface area contributed by atoms with Gasteiger partial charge >= 0.3 is 0 Å². The average Bonchev–Trinajstić information content (AvgIpc) is 2.62. The first-order valence-corrected chi connectivity index (χ1v) is 7.80. The Morgan fingerprint density at radius 2 is 1.96 bits per heavy atom. The number of carbonyl (C=O) groups is 2. The van der Waals surface area contributed by atoms with Gasteiger partial charge in [-0.2, -0.15) is 0 Å². The normalized spacial score (nSPS) is 17.6. The Kier molecular flexibility index (Phi) is 4.86. The predicted molar refractivity (Wildman–Crippen MR) is 89.8 cm³/mol. The third kappa shape index (κ3) is 3.78. The Morgan fingerprint density at radius 1 is 1.25 bits per heavy atom. The molecule has 0 bridgehead atoms. The van der Waals surface area contributed by atoms with Crippen molar-refractivity contribution in [3.8, 4) is 0 Å². The van der Waals surface area contributed by atoms with Crippen LogP contribution in [-0.2, 0) is 9.53 Å². The quantitative estimate of drug-likeness (QED) is 0.926. The molecule has 0 saturated carbocycles. The van der Waals surface area contributed by atoms with Crippen molar-refractivity contribution in [1.29, 1.82) is 0 Å². The fourth-order valence-corrected chi connectivity index (χ4v) is 2.53. The lowest BCUT2D eigenvalue weighted by Crippen LogP contribution is -2.50. The Bertz CT molecular complexity index is 716. The van der Waals surface area contributed by atoms with E-state index in [2.05, 4.69) is 10.3 Å². The standard InChI is InChI=1S/C18H19N3O3/c1-13-2-4-15(5-3-13)21-11-16(24-12-17(21)22)10-20-18(23)14-6-8-19-9-7-14/h2-9,16H,10-12H2,1H3,(H,20,23). The van der Waals surface area contributed by atoms with Gasteiger partial charge in [0.2, 0.25) is 0 Å². The van der Waals surface area contributed by atoms with E-state index < -0.39 is 0 Å². The molecule has 3 rings (SSSR count). The Morgan fingerprint density at radius 3 is 2.67 bits per heavy atom. The molecule has 1 atom stereocenters. The number of ether oxygens (including phenoxy) is 1. The van der Waals surface area contributed by atoms with Crippen LogP contribution in [0.1, 0.15) is 15.9 Å². The van der Waals surface area contributed by atoms with Gasteiger partial charge in [0.15, 0.2) is 0 Å². The number of morpholine rings is 1. The van der Waals surface area contributed by atoms with Crippen molar-refractivity contribution < 1.29 is 14.3 Å². The predicted octanol–water partition coefficient (Wildman–Crippen LogP) is 1.55. The van der Waals surface area contributed by atoms with Gasteiger partial charge in [0.1, 0.15) is 6.61 Å². The van der Waals surface area contributed by atoms with Crippen LogP contribution >= 0.6 is 0 Å². The van der Waals surface area contributed by atoms with Gasteiger partial charge in [0, 0.05) is 30.2 Å². The van der Waals surface area contributed by atoms with Gasteiger partial charge in [-0.3, -0.25) is 14.6 Å². The maximum absolute atomic E-state index is 12.1. The van der Waals surface area contributed by atoms with E-state index in [1.807, 2.05) is 31.2 Å². The molecule has 1 aliphatic rings. The summed E-state index contributed by atoms with van der Waals surface area (Å²) in [5, 5.41) is 2.83. The highest BCUT2D eigenvalue weighted by molar-refractivity contribution is 5.95. The minimum atomic E-state index is -0.241. The van der Waals surface area contributed by atoms with E-state index in [0.717, 1.165) is 11.3 Å². The molecule has 2 amide bonds. The molecule has 2 heterocycles. The van der Waals surface area contributed by atoms with Gasteiger partial charge in [-0.15, -0.1) is 0 Å². The number of benzene rings is 1. The van der Waals surface area contributed by atoms with Crippen LogP contribution in [0.4, 0.5) is 5.69 Å². The molecular formula is C18H19N3O3. The van der Waals surface area contributed by atoms with Crippen molar-refractivity contribution in [2.45, 2.75) is 13.0 Å². The number of nitrogens with one attached hydrogen (secondary N) is 1. The van der Waals surface area contributed by atoms with Crippen molar-refractivity contribution in [3.63, 3.8) is 0 Å². The number of amides is 2. The van der Waals surface area contributed by atoms with E-state index in [9.17, 15) is 9.59 Å². The van der Waals surface area contributed by atoms with Gasteiger partial charge in [-0.05, 0) is 31.2 Å². The number of aryl methyl sites for hydroxylation is 1. The van der Waals surface area contributed by atoms with Crippen molar-refractivity contribution in [3.05, 3.63) is 59.9 Å². The minimum Gasteiger partial charge on any atom is -0.365 e. The third-order valence-electron chi connectivity index (χ3n) is 3.91. The maximum atomic E-state index is 12.1. The van der Waals surface area contributed by atoms with Crippen molar-refractivity contribution in [2.75, 3.05) is 24.6 Å². The fourth-order valence-electron chi connectivity index (χ4n) is 2.53. The van der Waals surface area contributed by atoms with E-state index in [1.54, 1.807) is 29.4 Å². The van der Waals surface area contributed by atoms with Crippen LogP contribution in [0.25, 0.3) is 0 Å². The molecule has 0 aliphatic carbocycles. The van der Waals surface area contributed by atoms with E-state index in [1.165, 1.54) is 0 Å². The zero-order chi connectivity index (χ0) is 16.9. The Balaban J connectivity index is 1.60. The first kappa shape index (κ1) is 16.1. The average molecular weight is 325 g/mol. The lowest BCUT2D eigenvalue weighted by Gasteiger charge is -2.33. The molecule has 1 aliphatic heterocycles. The molecule has 1 unspecified atom stereocenters. The van der Waals surface area contributed by atoms with Crippen LogP contribution in [0.2, 0.25) is 0 Å². The topological polar surface area (TPSA) is 71.5 Å². The first-order chi connectivity index (χ1) is 11.6. The number of aromatic nitrogens is 1. The van der Waals surface area contributed by atoms with Crippen molar-refractivity contribution >= 4 is 17.5 Å². The molecule has 2 aromatic rings. The van der Waals surface area contributed by atoms with Crippen LogP contribution in [0, 0.1) is 6.92 Å². The van der Waals surface area contributed by atoms with E-state index in [4.69, 9.17) is 4.74 Å². The van der Waals surface area contributed by atoms with Crippen LogP contribution < -0.4 is 10.2 Å². The summed E-state index contributed by atoms with van der Waals surface area (Å²) in [6, 6.07) is 11.1. The molecule has 24 heavy (non-hydrogen) atoms. The first-order valence-electron chi connectivity index (χ1n) is 7.80. The zero-order valence-electron chi connectivity index (χ0n) is 13.4. The Hall–Kier alpha value is -2.73. The number of anilines is 1. The second-order valence-electron chi connectivity index (χ2n) is 5.72. The summed E-state index contributed by atoms with van der Waals surface area (Å²) in [5.74, 6) is -0.254. The van der Waals surface area contributed by atoms with E-state index in [0.29, 0.717) is 18.7 Å². The lowest BCUT2D eigenvalue weighted by atomic mass is 10.2. The highest BCUT2D eigenvalue weighted by atomic mass is 16.5. The van der Waals surface area contributed by atoms with Gasteiger partial charge in [0.25, 0.3) is 11.8 Å². The molecule has 0 radical (unpaired) electrons. The molecule has 6 nitrogen and oxygen atoms in total. The van der Waals surface area contributed by atoms with Crippen LogP contribution in [0.15, 0.2) is 48.8 Å². The number of pyridine rings is 1. The highest BCUT2D eigenvalue weighted by Crippen LogP contribution is 2.19. The van der Waals surface area contributed by atoms with Crippen LogP contribution in [0.5, 0.6) is 0 Å². The molecule has 1 saturated heterocycles. The summed E-state index contributed by atoms with van der Waals surface area (Å²) in [6.45, 7) is 2.78. The molecule has 124 valence electrons. The summed E-state index contributed by atoms with van der Waals surface area (Å²) in [4.78, 5) is 29.7. The molecule has 6 heteroatoms. The number of rotatable bonds is 4. The molecule has 1 aromatic carbocycles. The number of carbonyl (C=O) groups excluding carboxylic acids is 2. The van der Waals surface area contributed by atoms with Gasteiger partial charge in [-0.1, -0.05) is 17.7 Å². The summed E-state index contributed by atoms with van der Waals surface area (Å²) in [5.41, 5.74) is 2.53. The monoisotopic (exact) mass is 325 g/mol. The van der Waals surface area contributed by atoms with Gasteiger partial charge in [0.05, 0.1) is 12.6 Å². The summed E-state index contributed by atoms with van der Waals surface area (Å²) in [6.07, 6.45) is 2.91. The van der Waals surface area contributed by atoms with Crippen molar-refractivity contribution in [1.82, 2.24) is 10.3 Å². The number of nitrogens with zero attached hydrogens (tertiary/aromatic N) is 2. The fraction of sp³-hybridized carbons (Fsp3) is 0.278. The molecule has 1 fully saturated rings. The number of hydrogen-bond donors (Lipinski definition) is 1. The molecule has 1 N–H and O–H groups in total. The van der Waals surface area contributed by atoms with Gasteiger partial charge < -0.3 is 15.0 Å². The van der Waals surface area contributed by atoms with Gasteiger partial charge in [-0.25, -0.2) is 0 Å². The summed E-state index contributed by atoms with van der Waals surface area (Å²) < 4.78 is 5.53. The van der Waals surface area contributed by atoms with E-state index in [-0.39, 0.29) is 24.5 Å².